The van der Waals surface area contributed by atoms with Crippen molar-refractivity contribution >= 4 is 11.8 Å². The van der Waals surface area contributed by atoms with E-state index in [4.69, 9.17) is 9.47 Å². The number of amides is 2. The van der Waals surface area contributed by atoms with E-state index in [1.165, 1.54) is 0 Å². The van der Waals surface area contributed by atoms with Gasteiger partial charge in [0.15, 0.2) is 0 Å². The van der Waals surface area contributed by atoms with E-state index >= 15 is 0 Å². The van der Waals surface area contributed by atoms with Gasteiger partial charge in [0.25, 0.3) is 11.8 Å². The van der Waals surface area contributed by atoms with Crippen LogP contribution in [0.1, 0.15) is 33.6 Å². The average molecular weight is 409 g/mol. The monoisotopic (exact) mass is 409 g/mol. The molecule has 2 aromatic rings. The Bertz CT molecular complexity index is 843. The number of aromatic nitrogens is 1. The Labute approximate surface area is 176 Å². The summed E-state index contributed by atoms with van der Waals surface area (Å²) in [5, 5.41) is 0. The van der Waals surface area contributed by atoms with Crippen molar-refractivity contribution in [3.8, 4) is 5.75 Å². The molecule has 1 aromatic carbocycles. The molecule has 7 nitrogen and oxygen atoms in total. The molecule has 0 radical (unpaired) electrons. The van der Waals surface area contributed by atoms with E-state index in [1.54, 1.807) is 24.5 Å². The third-order valence-corrected chi connectivity index (χ3v) is 5.71. The molecule has 2 saturated heterocycles. The van der Waals surface area contributed by atoms with Crippen molar-refractivity contribution in [2.45, 2.75) is 12.8 Å². The van der Waals surface area contributed by atoms with Crippen molar-refractivity contribution < 1.29 is 19.1 Å². The Morgan fingerprint density at radius 3 is 2.07 bits per heavy atom. The fourth-order valence-electron chi connectivity index (χ4n) is 3.84. The molecular weight excluding hydrogens is 382 g/mol. The lowest BCUT2D eigenvalue weighted by atomic mass is 9.97. The summed E-state index contributed by atoms with van der Waals surface area (Å²) in [6.45, 7) is 4.57. The molecule has 0 aliphatic carbocycles. The van der Waals surface area contributed by atoms with Crippen molar-refractivity contribution in [2.24, 2.45) is 5.92 Å². The van der Waals surface area contributed by atoms with Gasteiger partial charge >= 0.3 is 0 Å². The smallest absolute Gasteiger partial charge is 0.254 e. The Hall–Kier alpha value is -2.93. The largest absolute Gasteiger partial charge is 0.493 e. The predicted molar refractivity (Wildman–Crippen MR) is 112 cm³/mol. The van der Waals surface area contributed by atoms with E-state index in [0.717, 1.165) is 31.7 Å². The number of hydrogen-bond donors (Lipinski definition) is 0. The maximum atomic E-state index is 12.5. The first-order valence-electron chi connectivity index (χ1n) is 10.5. The standard InChI is InChI=1S/C23H27N3O4/c27-22(26-13-15-29-16-14-26)19-1-3-21(4-2-19)30-17-18-7-11-25(12-8-18)23(28)20-5-9-24-10-6-20/h1-6,9-10,18H,7-8,11-17H2. The average Bonchev–Trinajstić information content (AvgIpc) is 2.83. The van der Waals surface area contributed by atoms with Crippen LogP contribution < -0.4 is 4.74 Å². The van der Waals surface area contributed by atoms with Gasteiger partial charge in [-0.05, 0) is 55.2 Å². The van der Waals surface area contributed by atoms with Crippen LogP contribution in [-0.2, 0) is 4.74 Å². The molecule has 0 atom stereocenters. The molecule has 0 bridgehead atoms. The van der Waals surface area contributed by atoms with Gasteiger partial charge in [0, 0.05) is 49.7 Å². The lowest BCUT2D eigenvalue weighted by molar-refractivity contribution is 0.0303. The molecule has 2 aliphatic rings. The molecule has 2 amide bonds. The summed E-state index contributed by atoms with van der Waals surface area (Å²) in [7, 11) is 0. The third-order valence-electron chi connectivity index (χ3n) is 5.71. The van der Waals surface area contributed by atoms with Crippen LogP contribution in [0.3, 0.4) is 0 Å². The number of hydrogen-bond acceptors (Lipinski definition) is 5. The highest BCUT2D eigenvalue weighted by Crippen LogP contribution is 2.21. The van der Waals surface area contributed by atoms with Crippen molar-refractivity contribution in [3.05, 3.63) is 59.9 Å². The van der Waals surface area contributed by atoms with Crippen LogP contribution in [-0.4, -0.2) is 72.6 Å². The molecule has 1 aromatic heterocycles. The van der Waals surface area contributed by atoms with Crippen LogP contribution in [0, 0.1) is 5.92 Å². The maximum absolute atomic E-state index is 12.5. The van der Waals surface area contributed by atoms with Crippen LogP contribution in [0.25, 0.3) is 0 Å². The van der Waals surface area contributed by atoms with Crippen LogP contribution in [0.2, 0.25) is 0 Å². The van der Waals surface area contributed by atoms with Crippen LogP contribution in [0.15, 0.2) is 48.8 Å². The minimum absolute atomic E-state index is 0.0380. The van der Waals surface area contributed by atoms with E-state index in [2.05, 4.69) is 4.98 Å². The zero-order chi connectivity index (χ0) is 20.8. The second-order valence-electron chi connectivity index (χ2n) is 7.71. The number of rotatable bonds is 5. The quantitative estimate of drug-likeness (QED) is 0.759. The molecule has 158 valence electrons. The lowest BCUT2D eigenvalue weighted by Gasteiger charge is -2.32. The zero-order valence-electron chi connectivity index (χ0n) is 17.0. The number of carbonyl (C=O) groups excluding carboxylic acids is 2. The first-order chi connectivity index (χ1) is 14.7. The first kappa shape index (κ1) is 20.3. The van der Waals surface area contributed by atoms with Crippen molar-refractivity contribution in [1.82, 2.24) is 14.8 Å². The number of benzene rings is 1. The molecule has 0 saturated carbocycles. The molecule has 2 aliphatic heterocycles. The summed E-state index contributed by atoms with van der Waals surface area (Å²) >= 11 is 0. The van der Waals surface area contributed by atoms with E-state index in [1.807, 2.05) is 34.1 Å². The molecule has 0 N–H and O–H groups in total. The Morgan fingerprint density at radius 1 is 0.867 bits per heavy atom. The number of carbonyl (C=O) groups is 2. The van der Waals surface area contributed by atoms with Crippen LogP contribution in [0.5, 0.6) is 5.75 Å². The highest BCUT2D eigenvalue weighted by molar-refractivity contribution is 5.94. The van der Waals surface area contributed by atoms with E-state index in [0.29, 0.717) is 50.0 Å². The molecular formula is C23H27N3O4. The summed E-state index contributed by atoms with van der Waals surface area (Å²) < 4.78 is 11.2. The highest BCUT2D eigenvalue weighted by atomic mass is 16.5. The van der Waals surface area contributed by atoms with Gasteiger partial charge in [-0.3, -0.25) is 14.6 Å². The minimum Gasteiger partial charge on any atom is -0.493 e. The summed E-state index contributed by atoms with van der Waals surface area (Å²) in [6, 6.07) is 10.9. The zero-order valence-corrected chi connectivity index (χ0v) is 17.0. The molecule has 3 heterocycles. The Balaban J connectivity index is 1.23. The number of pyridine rings is 1. The summed E-state index contributed by atoms with van der Waals surface area (Å²) in [4.78, 5) is 32.7. The second kappa shape index (κ2) is 9.71. The molecule has 7 heteroatoms. The number of ether oxygens (including phenoxy) is 2. The van der Waals surface area contributed by atoms with Crippen molar-refractivity contribution in [1.29, 1.82) is 0 Å². The summed E-state index contributed by atoms with van der Waals surface area (Å²) in [5.74, 6) is 1.29. The molecule has 30 heavy (non-hydrogen) atoms. The van der Waals surface area contributed by atoms with Gasteiger partial charge in [0.1, 0.15) is 5.75 Å². The van der Waals surface area contributed by atoms with Gasteiger partial charge in [-0.25, -0.2) is 0 Å². The SMILES string of the molecule is O=C(c1ccc(OCC2CCN(C(=O)c3ccncc3)CC2)cc1)N1CCOCC1. The third kappa shape index (κ3) is 4.97. The van der Waals surface area contributed by atoms with Gasteiger partial charge in [-0.2, -0.15) is 0 Å². The second-order valence-corrected chi connectivity index (χ2v) is 7.71. The van der Waals surface area contributed by atoms with Crippen molar-refractivity contribution in [3.63, 3.8) is 0 Å². The number of morpholine rings is 1. The normalized spacial score (nSPS) is 17.6. The topological polar surface area (TPSA) is 72.0 Å². The van der Waals surface area contributed by atoms with Gasteiger partial charge in [0.05, 0.1) is 19.8 Å². The van der Waals surface area contributed by atoms with Crippen molar-refractivity contribution in [2.75, 3.05) is 46.0 Å². The van der Waals surface area contributed by atoms with Crippen LogP contribution in [0.4, 0.5) is 0 Å². The van der Waals surface area contributed by atoms with E-state index in [9.17, 15) is 9.59 Å². The lowest BCUT2D eigenvalue weighted by Crippen LogP contribution is -2.40. The minimum atomic E-state index is 0.0380. The van der Waals surface area contributed by atoms with Gasteiger partial charge in [-0.1, -0.05) is 0 Å². The predicted octanol–water partition coefficient (Wildman–Crippen LogP) is 2.49. The summed E-state index contributed by atoms with van der Waals surface area (Å²) in [6.07, 6.45) is 5.13. The highest BCUT2D eigenvalue weighted by Gasteiger charge is 2.24. The molecule has 0 spiro atoms. The molecule has 2 fully saturated rings. The number of nitrogens with zero attached hydrogens (tertiary/aromatic N) is 3. The molecule has 0 unspecified atom stereocenters. The van der Waals surface area contributed by atoms with E-state index in [-0.39, 0.29) is 11.8 Å². The van der Waals surface area contributed by atoms with Crippen LogP contribution >= 0.6 is 0 Å². The van der Waals surface area contributed by atoms with E-state index < -0.39 is 0 Å². The Morgan fingerprint density at radius 2 is 1.43 bits per heavy atom. The number of piperidine rings is 1. The first-order valence-corrected chi connectivity index (χ1v) is 10.5. The van der Waals surface area contributed by atoms with Gasteiger partial charge in [0.2, 0.25) is 0 Å². The van der Waals surface area contributed by atoms with Gasteiger partial charge < -0.3 is 19.3 Å². The maximum Gasteiger partial charge on any atom is 0.254 e. The Kier molecular flexibility index (Phi) is 6.59. The van der Waals surface area contributed by atoms with Gasteiger partial charge in [-0.15, -0.1) is 0 Å². The fraction of sp³-hybridized carbons (Fsp3) is 0.435. The number of likely N-dealkylation sites (tertiary alicyclic amines) is 1. The summed E-state index contributed by atoms with van der Waals surface area (Å²) in [5.41, 5.74) is 1.36. The molecule has 4 rings (SSSR count). The fourth-order valence-corrected chi connectivity index (χ4v) is 3.84.